The van der Waals surface area contributed by atoms with Gasteiger partial charge in [-0.05, 0) is 62.7 Å². The van der Waals surface area contributed by atoms with Crippen LogP contribution in [0.15, 0.2) is 24.3 Å². The molecule has 126 valence electrons. The molecule has 0 unspecified atom stereocenters. The molecule has 3 nitrogen and oxygen atoms in total. The van der Waals surface area contributed by atoms with Crippen molar-refractivity contribution in [2.75, 3.05) is 26.2 Å². The number of benzene rings is 1. The second-order valence-corrected chi connectivity index (χ2v) is 6.74. The molecule has 2 rings (SSSR count). The fourth-order valence-corrected chi connectivity index (χ4v) is 3.21. The molecular weight excluding hydrogens is 331 g/mol. The number of likely N-dealkylation sites (tertiary alicyclic amines) is 1. The number of carbonyl (C=O) groups excluding carboxylic acids is 1. The van der Waals surface area contributed by atoms with Crippen LogP contribution in [0.4, 0.5) is 0 Å². The number of amides is 1. The Morgan fingerprint density at radius 3 is 2.61 bits per heavy atom. The fourth-order valence-electron chi connectivity index (χ4n) is 2.74. The van der Waals surface area contributed by atoms with E-state index in [0.717, 1.165) is 18.5 Å². The third-order valence-corrected chi connectivity index (χ3v) is 4.59. The molecule has 0 atom stereocenters. The van der Waals surface area contributed by atoms with Crippen LogP contribution in [0.5, 0.6) is 0 Å². The fraction of sp³-hybridized carbons (Fsp3) is 0.500. The van der Waals surface area contributed by atoms with Gasteiger partial charge >= 0.3 is 0 Å². The van der Waals surface area contributed by atoms with Gasteiger partial charge < -0.3 is 10.2 Å². The molecule has 1 aromatic carbocycles. The van der Waals surface area contributed by atoms with Gasteiger partial charge in [0.1, 0.15) is 0 Å². The molecule has 1 aliphatic rings. The topological polar surface area (TPSA) is 32.3 Å². The first-order chi connectivity index (χ1) is 11.1. The van der Waals surface area contributed by atoms with Crippen LogP contribution in [0.25, 0.3) is 6.08 Å². The second-order valence-electron chi connectivity index (χ2n) is 5.90. The lowest BCUT2D eigenvalue weighted by Crippen LogP contribution is -2.30. The van der Waals surface area contributed by atoms with E-state index in [1.165, 1.54) is 44.8 Å². The van der Waals surface area contributed by atoms with Crippen molar-refractivity contribution in [3.05, 3.63) is 39.9 Å². The normalized spacial score (nSPS) is 16.4. The molecule has 1 N–H and O–H groups in total. The third-order valence-electron chi connectivity index (χ3n) is 4.03. The van der Waals surface area contributed by atoms with Crippen LogP contribution in [-0.2, 0) is 4.79 Å². The van der Waals surface area contributed by atoms with Crippen LogP contribution in [0.2, 0.25) is 10.0 Å². The van der Waals surface area contributed by atoms with Crippen LogP contribution in [-0.4, -0.2) is 37.0 Å². The molecule has 0 aliphatic carbocycles. The predicted octanol–water partition coefficient (Wildman–Crippen LogP) is 4.39. The van der Waals surface area contributed by atoms with Crippen LogP contribution < -0.4 is 5.32 Å². The first-order valence-electron chi connectivity index (χ1n) is 8.28. The molecule has 23 heavy (non-hydrogen) atoms. The molecule has 1 saturated heterocycles. The van der Waals surface area contributed by atoms with Gasteiger partial charge in [0.25, 0.3) is 0 Å². The number of carbonyl (C=O) groups is 1. The van der Waals surface area contributed by atoms with Crippen molar-refractivity contribution in [2.45, 2.75) is 32.1 Å². The molecule has 0 bridgehead atoms. The van der Waals surface area contributed by atoms with Gasteiger partial charge in [0.2, 0.25) is 5.91 Å². The number of halogens is 2. The Balaban J connectivity index is 1.67. The first kappa shape index (κ1) is 18.3. The molecule has 0 aromatic heterocycles. The van der Waals surface area contributed by atoms with E-state index in [1.54, 1.807) is 24.3 Å². The van der Waals surface area contributed by atoms with E-state index in [1.807, 2.05) is 0 Å². The number of hydrogen-bond acceptors (Lipinski definition) is 2. The molecule has 0 spiro atoms. The van der Waals surface area contributed by atoms with Gasteiger partial charge in [-0.2, -0.15) is 0 Å². The van der Waals surface area contributed by atoms with Crippen molar-refractivity contribution in [3.63, 3.8) is 0 Å². The van der Waals surface area contributed by atoms with E-state index in [-0.39, 0.29) is 5.91 Å². The summed E-state index contributed by atoms with van der Waals surface area (Å²) in [6.45, 7) is 4.16. The average Bonchev–Trinajstić information content (AvgIpc) is 2.79. The summed E-state index contributed by atoms with van der Waals surface area (Å²) in [5.41, 5.74) is 0.788. The Morgan fingerprint density at radius 1 is 1.17 bits per heavy atom. The summed E-state index contributed by atoms with van der Waals surface area (Å²) in [5, 5.41) is 4.05. The monoisotopic (exact) mass is 354 g/mol. The lowest BCUT2D eigenvalue weighted by Gasteiger charge is -2.19. The number of hydrogen-bond donors (Lipinski definition) is 1. The summed E-state index contributed by atoms with van der Waals surface area (Å²) in [6, 6.07) is 5.22. The van der Waals surface area contributed by atoms with E-state index >= 15 is 0 Å². The van der Waals surface area contributed by atoms with Gasteiger partial charge in [-0.1, -0.05) is 42.1 Å². The summed E-state index contributed by atoms with van der Waals surface area (Å²) in [6.07, 6.45) is 9.52. The lowest BCUT2D eigenvalue weighted by molar-refractivity contribution is -0.116. The van der Waals surface area contributed by atoms with Crippen molar-refractivity contribution in [1.82, 2.24) is 10.2 Å². The van der Waals surface area contributed by atoms with Crippen LogP contribution in [0.1, 0.15) is 37.7 Å². The minimum atomic E-state index is -0.0908. The van der Waals surface area contributed by atoms with Crippen LogP contribution >= 0.6 is 23.2 Å². The maximum atomic E-state index is 11.8. The molecule has 1 aromatic rings. The maximum Gasteiger partial charge on any atom is 0.244 e. The molecular formula is C18H24Cl2N2O. The number of nitrogens with one attached hydrogen (secondary N) is 1. The highest BCUT2D eigenvalue weighted by Crippen LogP contribution is 2.21. The molecule has 1 fully saturated rings. The Kier molecular flexibility index (Phi) is 7.93. The van der Waals surface area contributed by atoms with Gasteiger partial charge in [0.05, 0.1) is 0 Å². The van der Waals surface area contributed by atoms with Crippen molar-refractivity contribution in [1.29, 1.82) is 0 Å². The molecule has 1 amide bonds. The Morgan fingerprint density at radius 2 is 1.91 bits per heavy atom. The van der Waals surface area contributed by atoms with Crippen molar-refractivity contribution in [3.8, 4) is 0 Å². The highest BCUT2D eigenvalue weighted by atomic mass is 35.5. The zero-order valence-corrected chi connectivity index (χ0v) is 14.9. The van der Waals surface area contributed by atoms with E-state index < -0.39 is 0 Å². The lowest BCUT2D eigenvalue weighted by atomic mass is 10.2. The second kappa shape index (κ2) is 9.96. The van der Waals surface area contributed by atoms with Gasteiger partial charge in [-0.15, -0.1) is 0 Å². The molecule has 1 aliphatic heterocycles. The largest absolute Gasteiger partial charge is 0.353 e. The summed E-state index contributed by atoms with van der Waals surface area (Å²) >= 11 is 11.9. The Bertz CT molecular complexity index is 538. The quantitative estimate of drug-likeness (QED) is 0.606. The van der Waals surface area contributed by atoms with Crippen LogP contribution in [0, 0.1) is 0 Å². The highest BCUT2D eigenvalue weighted by molar-refractivity contribution is 6.35. The van der Waals surface area contributed by atoms with Gasteiger partial charge in [-0.3, -0.25) is 4.79 Å². The van der Waals surface area contributed by atoms with Gasteiger partial charge in [0, 0.05) is 22.7 Å². The first-order valence-corrected chi connectivity index (χ1v) is 9.04. The minimum Gasteiger partial charge on any atom is -0.353 e. The number of nitrogens with zero attached hydrogens (tertiary/aromatic N) is 1. The highest BCUT2D eigenvalue weighted by Gasteiger charge is 2.08. The Labute approximate surface area is 148 Å². The summed E-state index contributed by atoms with van der Waals surface area (Å²) in [7, 11) is 0. The molecule has 0 saturated carbocycles. The molecule has 0 radical (unpaired) electrons. The molecule has 5 heteroatoms. The van der Waals surface area contributed by atoms with E-state index in [9.17, 15) is 4.79 Å². The van der Waals surface area contributed by atoms with E-state index in [2.05, 4.69) is 10.2 Å². The molecule has 1 heterocycles. The van der Waals surface area contributed by atoms with Crippen molar-refractivity contribution >= 4 is 35.2 Å². The predicted molar refractivity (Wildman–Crippen MR) is 98.0 cm³/mol. The van der Waals surface area contributed by atoms with E-state index in [0.29, 0.717) is 16.6 Å². The van der Waals surface area contributed by atoms with Gasteiger partial charge in [0.15, 0.2) is 0 Å². The Hall–Kier alpha value is -1.03. The summed E-state index contributed by atoms with van der Waals surface area (Å²) in [5.74, 6) is -0.0908. The maximum absolute atomic E-state index is 11.8. The van der Waals surface area contributed by atoms with Crippen molar-refractivity contribution < 1.29 is 4.79 Å². The average molecular weight is 355 g/mol. The minimum absolute atomic E-state index is 0.0908. The zero-order chi connectivity index (χ0) is 16.5. The van der Waals surface area contributed by atoms with Crippen LogP contribution in [0.3, 0.4) is 0 Å². The number of rotatable bonds is 6. The summed E-state index contributed by atoms with van der Waals surface area (Å²) < 4.78 is 0. The third kappa shape index (κ3) is 6.94. The SMILES string of the molecule is O=C(/C=C/c1ccc(Cl)cc1Cl)NCCCN1CCCCCC1. The summed E-state index contributed by atoms with van der Waals surface area (Å²) in [4.78, 5) is 14.3. The van der Waals surface area contributed by atoms with E-state index in [4.69, 9.17) is 23.2 Å². The van der Waals surface area contributed by atoms with Crippen molar-refractivity contribution in [2.24, 2.45) is 0 Å². The zero-order valence-electron chi connectivity index (χ0n) is 13.4. The smallest absolute Gasteiger partial charge is 0.244 e. The standard InChI is InChI=1S/C18H24Cl2N2O/c19-16-8-6-15(17(20)14-16)7-9-18(23)21-10-5-13-22-11-3-1-2-4-12-22/h6-9,14H,1-5,10-13H2,(H,21,23)/b9-7+. The van der Waals surface area contributed by atoms with Gasteiger partial charge in [-0.25, -0.2) is 0 Å².